The molecule has 0 saturated carbocycles. The van der Waals surface area contributed by atoms with Crippen LogP contribution in [0.25, 0.3) is 0 Å². The number of hydrogen-bond donors (Lipinski definition) is 0. The molecule has 0 aliphatic carbocycles. The summed E-state index contributed by atoms with van der Waals surface area (Å²) in [5, 5.41) is 0. The van der Waals surface area contributed by atoms with Gasteiger partial charge in [-0.15, -0.1) is 0 Å². The second-order valence-corrected chi connectivity index (χ2v) is 4.00. The number of urea groups is 1. The molecule has 3 amide bonds. The molecule has 4 nitrogen and oxygen atoms in total. The first-order valence-corrected chi connectivity index (χ1v) is 5.22. The van der Waals surface area contributed by atoms with Gasteiger partial charge in [-0.2, -0.15) is 0 Å². The van der Waals surface area contributed by atoms with Crippen molar-refractivity contribution in [2.75, 3.05) is 7.05 Å². The third kappa shape index (κ3) is 1.46. The Labute approximate surface area is 94.5 Å². The first-order chi connectivity index (χ1) is 7.66. The average molecular weight is 218 g/mol. The fraction of sp³-hybridized carbons (Fsp3) is 0.333. The zero-order valence-corrected chi connectivity index (χ0v) is 9.33. The van der Waals surface area contributed by atoms with Gasteiger partial charge in [0, 0.05) is 7.05 Å². The van der Waals surface area contributed by atoms with E-state index in [4.69, 9.17) is 0 Å². The molecule has 1 fully saturated rings. The molecule has 0 radical (unpaired) electrons. The van der Waals surface area contributed by atoms with E-state index in [-0.39, 0.29) is 18.1 Å². The molecule has 1 aromatic carbocycles. The lowest BCUT2D eigenvalue weighted by molar-refractivity contribution is -0.116. The minimum absolute atomic E-state index is 0.0000926. The van der Waals surface area contributed by atoms with Crippen LogP contribution in [-0.2, 0) is 4.79 Å². The van der Waals surface area contributed by atoms with Gasteiger partial charge in [0.15, 0.2) is 0 Å². The van der Waals surface area contributed by atoms with Crippen molar-refractivity contribution < 1.29 is 9.59 Å². The third-order valence-corrected chi connectivity index (χ3v) is 3.14. The van der Waals surface area contributed by atoms with E-state index in [0.717, 1.165) is 5.56 Å². The summed E-state index contributed by atoms with van der Waals surface area (Å²) in [5.74, 6) is 0. The van der Waals surface area contributed by atoms with Gasteiger partial charge in [0.05, 0.1) is 12.1 Å². The van der Waals surface area contributed by atoms with Crippen LogP contribution >= 0.6 is 0 Å². The molecule has 0 bridgehead atoms. The van der Waals surface area contributed by atoms with Crippen molar-refractivity contribution in [3.8, 4) is 0 Å². The normalized spacial score (nSPS) is 25.0. The maximum absolute atomic E-state index is 11.8. The molecule has 0 N–H and O–H groups in total. The van der Waals surface area contributed by atoms with Crippen LogP contribution in [-0.4, -0.2) is 35.3 Å². The molecule has 0 spiro atoms. The van der Waals surface area contributed by atoms with Crippen LogP contribution < -0.4 is 0 Å². The lowest BCUT2D eigenvalue weighted by Crippen LogP contribution is -2.29. The second-order valence-electron chi connectivity index (χ2n) is 4.00. The minimum atomic E-state index is -0.239. The maximum atomic E-state index is 11.8. The number of carbonyl (C=O) groups is 2. The van der Waals surface area contributed by atoms with Crippen LogP contribution in [0.2, 0.25) is 0 Å². The molecule has 4 heteroatoms. The summed E-state index contributed by atoms with van der Waals surface area (Å²) < 4.78 is 0. The molecule has 1 heterocycles. The Bertz CT molecular complexity index is 405. The highest BCUT2D eigenvalue weighted by Gasteiger charge is 2.41. The Morgan fingerprint density at radius 3 is 2.44 bits per heavy atom. The summed E-state index contributed by atoms with van der Waals surface area (Å²) in [6.45, 7) is 1.94. The molecule has 2 atom stereocenters. The number of hydrogen-bond acceptors (Lipinski definition) is 2. The van der Waals surface area contributed by atoms with Gasteiger partial charge in [-0.1, -0.05) is 30.3 Å². The summed E-state index contributed by atoms with van der Waals surface area (Å²) in [5.41, 5.74) is 0.986. The van der Waals surface area contributed by atoms with E-state index >= 15 is 0 Å². The first-order valence-electron chi connectivity index (χ1n) is 5.22. The molecular formula is C12H14N2O2. The zero-order valence-electron chi connectivity index (χ0n) is 9.33. The van der Waals surface area contributed by atoms with Crippen molar-refractivity contribution in [3.05, 3.63) is 35.9 Å². The largest absolute Gasteiger partial charge is 0.327 e. The van der Waals surface area contributed by atoms with E-state index in [1.807, 2.05) is 37.3 Å². The molecule has 2 unspecified atom stereocenters. The van der Waals surface area contributed by atoms with Crippen LogP contribution in [0.4, 0.5) is 4.79 Å². The summed E-state index contributed by atoms with van der Waals surface area (Å²) in [7, 11) is 1.71. The van der Waals surface area contributed by atoms with E-state index in [0.29, 0.717) is 6.41 Å². The van der Waals surface area contributed by atoms with E-state index in [2.05, 4.69) is 0 Å². The topological polar surface area (TPSA) is 40.6 Å². The van der Waals surface area contributed by atoms with Crippen molar-refractivity contribution in [2.24, 2.45) is 0 Å². The molecule has 2 rings (SSSR count). The van der Waals surface area contributed by atoms with Crippen LogP contribution in [0.5, 0.6) is 0 Å². The van der Waals surface area contributed by atoms with Crippen molar-refractivity contribution in [3.63, 3.8) is 0 Å². The zero-order chi connectivity index (χ0) is 11.7. The molecule has 1 aliphatic heterocycles. The Morgan fingerprint density at radius 1 is 1.25 bits per heavy atom. The number of nitrogens with zero attached hydrogens (tertiary/aromatic N) is 2. The van der Waals surface area contributed by atoms with Gasteiger partial charge >= 0.3 is 6.03 Å². The monoisotopic (exact) mass is 218 g/mol. The Kier molecular flexibility index (Phi) is 2.64. The summed E-state index contributed by atoms with van der Waals surface area (Å²) in [6.07, 6.45) is 0.611. The van der Waals surface area contributed by atoms with Crippen LogP contribution in [0.3, 0.4) is 0 Å². The number of imide groups is 1. The van der Waals surface area contributed by atoms with Crippen LogP contribution in [0.15, 0.2) is 30.3 Å². The van der Waals surface area contributed by atoms with Crippen LogP contribution in [0, 0.1) is 0 Å². The third-order valence-electron chi connectivity index (χ3n) is 3.14. The number of benzene rings is 1. The van der Waals surface area contributed by atoms with Crippen molar-refractivity contribution in [1.29, 1.82) is 0 Å². The van der Waals surface area contributed by atoms with Crippen molar-refractivity contribution in [2.45, 2.75) is 19.0 Å². The number of carbonyl (C=O) groups excluding carboxylic acids is 2. The van der Waals surface area contributed by atoms with E-state index in [9.17, 15) is 9.59 Å². The smallest absolute Gasteiger partial charge is 0.322 e. The average Bonchev–Trinajstić information content (AvgIpc) is 2.54. The molecule has 1 saturated heterocycles. The summed E-state index contributed by atoms with van der Waals surface area (Å²) in [6, 6.07) is 9.18. The van der Waals surface area contributed by atoms with Gasteiger partial charge in [0.2, 0.25) is 6.41 Å². The lowest BCUT2D eigenvalue weighted by atomic mass is 10.0. The Balaban J connectivity index is 2.40. The predicted molar refractivity (Wildman–Crippen MR) is 59.7 cm³/mol. The van der Waals surface area contributed by atoms with Crippen LogP contribution in [0.1, 0.15) is 18.5 Å². The molecule has 1 aromatic rings. The molecule has 1 aliphatic rings. The van der Waals surface area contributed by atoms with E-state index < -0.39 is 0 Å². The number of likely N-dealkylation sites (N-methyl/N-ethyl adjacent to an activating group) is 1. The standard InChI is InChI=1S/C12H14N2O2/c1-9-11(10-6-4-3-5-7-10)14(8-15)12(16)13(9)2/h3-9,11H,1-2H3. The summed E-state index contributed by atoms with van der Waals surface area (Å²) in [4.78, 5) is 25.6. The molecule has 0 aromatic heterocycles. The van der Waals surface area contributed by atoms with E-state index in [1.54, 1.807) is 11.9 Å². The van der Waals surface area contributed by atoms with Gasteiger partial charge in [-0.05, 0) is 12.5 Å². The molecular weight excluding hydrogens is 204 g/mol. The molecule has 84 valence electrons. The fourth-order valence-electron chi connectivity index (χ4n) is 2.12. The quantitative estimate of drug-likeness (QED) is 0.708. The first kappa shape index (κ1) is 10.7. The fourth-order valence-corrected chi connectivity index (χ4v) is 2.12. The summed E-state index contributed by atoms with van der Waals surface area (Å²) >= 11 is 0. The number of amides is 3. The Morgan fingerprint density at radius 2 is 1.88 bits per heavy atom. The van der Waals surface area contributed by atoms with Gasteiger partial charge < -0.3 is 4.90 Å². The SMILES string of the molecule is CC1C(c2ccccc2)N(C=O)C(=O)N1C. The lowest BCUT2D eigenvalue weighted by Gasteiger charge is -2.21. The van der Waals surface area contributed by atoms with Gasteiger partial charge in [0.1, 0.15) is 0 Å². The predicted octanol–water partition coefficient (Wildman–Crippen LogP) is 1.64. The maximum Gasteiger partial charge on any atom is 0.327 e. The minimum Gasteiger partial charge on any atom is -0.322 e. The van der Waals surface area contributed by atoms with Gasteiger partial charge in [-0.25, -0.2) is 4.79 Å². The van der Waals surface area contributed by atoms with Crippen molar-refractivity contribution >= 4 is 12.4 Å². The highest BCUT2D eigenvalue weighted by atomic mass is 16.2. The molecule has 16 heavy (non-hydrogen) atoms. The number of rotatable bonds is 2. The Hall–Kier alpha value is -1.84. The highest BCUT2D eigenvalue weighted by molar-refractivity contribution is 5.88. The highest BCUT2D eigenvalue weighted by Crippen LogP contribution is 2.32. The van der Waals surface area contributed by atoms with Crippen molar-refractivity contribution in [1.82, 2.24) is 9.80 Å². The van der Waals surface area contributed by atoms with E-state index in [1.165, 1.54) is 4.90 Å². The van der Waals surface area contributed by atoms with Gasteiger partial charge in [0.25, 0.3) is 0 Å². The second kappa shape index (κ2) is 3.96. The van der Waals surface area contributed by atoms with Gasteiger partial charge in [-0.3, -0.25) is 9.69 Å².